The van der Waals surface area contributed by atoms with Gasteiger partial charge in [-0.25, -0.2) is 0 Å². The van der Waals surface area contributed by atoms with Gasteiger partial charge in [-0.1, -0.05) is 18.7 Å². The minimum absolute atomic E-state index is 0. The van der Waals surface area contributed by atoms with Gasteiger partial charge in [0.25, 0.3) is 0 Å². The van der Waals surface area contributed by atoms with Crippen molar-refractivity contribution in [3.8, 4) is 0 Å². The van der Waals surface area contributed by atoms with E-state index in [2.05, 4.69) is 6.58 Å². The molecule has 0 aliphatic heterocycles. The molecule has 4 rings (SSSR count). The number of carbonyl (C=O) groups is 7. The number of ketones is 7. The van der Waals surface area contributed by atoms with Crippen LogP contribution in [0.15, 0.2) is 109 Å². The first-order valence-corrected chi connectivity index (χ1v) is 9.07. The predicted octanol–water partition coefficient (Wildman–Crippen LogP) is -9.77. The van der Waals surface area contributed by atoms with E-state index in [4.69, 9.17) is 0 Å². The van der Waals surface area contributed by atoms with Crippen molar-refractivity contribution in [2.75, 3.05) is 0 Å². The summed E-state index contributed by atoms with van der Waals surface area (Å²) in [6.45, 7) is 3.62. The van der Waals surface area contributed by atoms with Crippen LogP contribution >= 0.6 is 0 Å². The topological polar surface area (TPSA) is 119 Å². The Balaban J connectivity index is -0.0000000853. The molecule has 7 nitrogen and oxygen atoms in total. The maximum atomic E-state index is 10.4. The van der Waals surface area contributed by atoms with Gasteiger partial charge in [0.2, 0.25) is 0 Å². The van der Waals surface area contributed by atoms with Crippen LogP contribution in [0.25, 0.3) is 0 Å². The Hall–Kier alpha value is -2.26. The molecule has 36 heavy (non-hydrogen) atoms. The van der Waals surface area contributed by atoms with Gasteiger partial charge in [-0.15, -0.1) is 0 Å². The molecule has 0 saturated carbocycles. The zero-order valence-electron chi connectivity index (χ0n) is 22.8. The molecule has 164 valence electrons. The first-order valence-electron chi connectivity index (χ1n) is 9.07. The smallest absolute Gasteiger partial charge is 1.00 e. The van der Waals surface area contributed by atoms with Gasteiger partial charge in [0.1, 0.15) is 0 Å². The average molecular weight is 460 g/mol. The summed E-state index contributed by atoms with van der Waals surface area (Å²) in [5.74, 6) is -0.685. The molecular weight excluding hydrogens is 440 g/mol. The van der Waals surface area contributed by atoms with Crippen LogP contribution in [0.3, 0.4) is 0 Å². The molecule has 0 aromatic rings. The molecule has 0 amide bonds. The van der Waals surface area contributed by atoms with Gasteiger partial charge in [-0.2, -0.15) is 0 Å². The third-order valence-electron chi connectivity index (χ3n) is 3.39. The fraction of sp³-hybridized carbons (Fsp3) is 0. The Morgan fingerprint density at radius 2 is 0.417 bits per heavy atom. The van der Waals surface area contributed by atoms with Gasteiger partial charge in [0, 0.05) is 0 Å². The van der Waals surface area contributed by atoms with Crippen LogP contribution in [-0.2, 0) is 33.6 Å². The van der Waals surface area contributed by atoms with E-state index in [1.54, 1.807) is 12.2 Å². The standard InChI is InChI=1S/C7H6O.3C6H4O2.4Li.2H/c1-6-2-4-7(8)5-3-6;3*7-5-1-2-6(8)4-3-5;;;;;;/h2-5H,1H2;3*1-4H;;;;;;/q;;;;4*+1;2*-1. The van der Waals surface area contributed by atoms with Crippen LogP contribution in [0.4, 0.5) is 0 Å². The SMILES string of the molecule is C=C1C=CC(=O)C=C1.O=C1C=CC(=O)C=C1.O=C1C=CC(=O)C=C1.O=C1C=CC(=O)C=C1.[H-].[H-].[Li+].[Li+].[Li+].[Li+]. The zero-order valence-corrected chi connectivity index (χ0v) is 20.8. The molecule has 0 atom stereocenters. The van der Waals surface area contributed by atoms with Crippen molar-refractivity contribution in [2.45, 2.75) is 0 Å². The summed E-state index contributed by atoms with van der Waals surface area (Å²) in [7, 11) is 0. The first kappa shape index (κ1) is 40.9. The molecular formula is C25H20Li4O7+2. The Morgan fingerprint density at radius 3 is 0.528 bits per heavy atom. The maximum absolute atomic E-state index is 10.4. The Morgan fingerprint density at radius 1 is 0.306 bits per heavy atom. The van der Waals surface area contributed by atoms with Gasteiger partial charge in [0.15, 0.2) is 40.5 Å². The minimum atomic E-state index is -0.121. The molecule has 0 radical (unpaired) electrons. The van der Waals surface area contributed by atoms with E-state index < -0.39 is 0 Å². The molecule has 4 aliphatic carbocycles. The van der Waals surface area contributed by atoms with Gasteiger partial charge in [0.05, 0.1) is 0 Å². The van der Waals surface area contributed by atoms with Crippen molar-refractivity contribution in [3.05, 3.63) is 109 Å². The van der Waals surface area contributed by atoms with E-state index >= 15 is 0 Å². The Labute approximate surface area is 260 Å². The summed E-state index contributed by atoms with van der Waals surface area (Å²) in [4.78, 5) is 72.1. The summed E-state index contributed by atoms with van der Waals surface area (Å²) < 4.78 is 0. The summed E-state index contributed by atoms with van der Waals surface area (Å²) in [6.07, 6.45) is 21.4. The van der Waals surface area contributed by atoms with Gasteiger partial charge in [-0.05, 0) is 90.6 Å². The monoisotopic (exact) mass is 460 g/mol. The number of rotatable bonds is 0. The number of hydrogen-bond acceptors (Lipinski definition) is 7. The van der Waals surface area contributed by atoms with Crippen LogP contribution in [0.5, 0.6) is 0 Å². The van der Waals surface area contributed by atoms with E-state index in [9.17, 15) is 33.6 Å². The predicted molar refractivity (Wildman–Crippen MR) is 120 cm³/mol. The number of allylic oxidation sites excluding steroid dienone is 17. The van der Waals surface area contributed by atoms with E-state index in [-0.39, 0.29) is 119 Å². The third kappa shape index (κ3) is 21.1. The largest absolute Gasteiger partial charge is 1.00 e. The van der Waals surface area contributed by atoms with Crippen LogP contribution in [0, 0.1) is 0 Å². The quantitative estimate of drug-likeness (QED) is 0.260. The molecule has 0 spiro atoms. The van der Waals surface area contributed by atoms with Crippen LogP contribution in [0.2, 0.25) is 0 Å². The maximum Gasteiger partial charge on any atom is 1.00 e. The summed E-state index contributed by atoms with van der Waals surface area (Å²) >= 11 is 0. The Kier molecular flexibility index (Phi) is 26.3. The van der Waals surface area contributed by atoms with Crippen molar-refractivity contribution in [1.82, 2.24) is 0 Å². The van der Waals surface area contributed by atoms with E-state index in [0.717, 1.165) is 5.57 Å². The molecule has 0 N–H and O–H groups in total. The van der Waals surface area contributed by atoms with Crippen molar-refractivity contribution in [2.24, 2.45) is 0 Å². The molecule has 0 saturated heterocycles. The second-order valence-corrected chi connectivity index (χ2v) is 6.06. The molecule has 0 heterocycles. The van der Waals surface area contributed by atoms with E-state index in [1.165, 1.54) is 85.1 Å². The average Bonchev–Trinajstić information content (AvgIpc) is 2.78. The second kappa shape index (κ2) is 23.2. The Bertz CT molecular complexity index is 799. The molecule has 4 aliphatic rings. The van der Waals surface area contributed by atoms with E-state index in [0.29, 0.717) is 0 Å². The minimum Gasteiger partial charge on any atom is -1.00 e. The summed E-state index contributed by atoms with van der Waals surface area (Å²) in [5, 5.41) is 0. The summed E-state index contributed by atoms with van der Waals surface area (Å²) in [5.41, 5.74) is 0.879. The zero-order chi connectivity index (χ0) is 23.9. The fourth-order valence-corrected chi connectivity index (χ4v) is 1.81. The molecule has 0 bridgehead atoms. The fourth-order valence-electron chi connectivity index (χ4n) is 1.81. The normalized spacial score (nSPS) is 15.6. The van der Waals surface area contributed by atoms with Gasteiger partial charge in [-0.3, -0.25) is 33.6 Å². The summed E-state index contributed by atoms with van der Waals surface area (Å²) in [6, 6.07) is 0. The number of carbonyl (C=O) groups excluding carboxylic acids is 7. The number of hydrogen-bond donors (Lipinski definition) is 0. The van der Waals surface area contributed by atoms with Crippen LogP contribution in [-0.4, -0.2) is 40.5 Å². The van der Waals surface area contributed by atoms with Crippen molar-refractivity contribution >= 4 is 40.5 Å². The van der Waals surface area contributed by atoms with Crippen molar-refractivity contribution in [1.29, 1.82) is 0 Å². The molecule has 0 unspecified atom stereocenters. The molecule has 11 heteroatoms. The second-order valence-electron chi connectivity index (χ2n) is 6.06. The molecule has 0 aromatic carbocycles. The van der Waals surface area contributed by atoms with Crippen molar-refractivity contribution < 1.29 is 112 Å². The molecule has 0 aromatic heterocycles. The molecule has 0 fully saturated rings. The van der Waals surface area contributed by atoms with Crippen molar-refractivity contribution in [3.63, 3.8) is 0 Å². The first-order chi connectivity index (χ1) is 15.2. The van der Waals surface area contributed by atoms with Gasteiger partial charge < -0.3 is 2.85 Å². The van der Waals surface area contributed by atoms with Gasteiger partial charge >= 0.3 is 75.4 Å². The van der Waals surface area contributed by atoms with Crippen LogP contribution < -0.4 is 75.4 Å². The van der Waals surface area contributed by atoms with Crippen LogP contribution in [0.1, 0.15) is 2.85 Å². The van der Waals surface area contributed by atoms with E-state index in [1.807, 2.05) is 0 Å². The third-order valence-corrected chi connectivity index (χ3v) is 3.39.